The van der Waals surface area contributed by atoms with E-state index in [0.29, 0.717) is 11.4 Å². The van der Waals surface area contributed by atoms with E-state index in [1.165, 1.54) is 13.2 Å². The van der Waals surface area contributed by atoms with Crippen LogP contribution in [-0.4, -0.2) is 18.2 Å². The number of nitrogens with two attached hydrogens (primary N) is 1. The van der Waals surface area contributed by atoms with Crippen LogP contribution in [0.5, 0.6) is 5.75 Å². The number of rotatable bonds is 3. The molecule has 0 amide bonds. The average molecular weight is 193 g/mol. The Morgan fingerprint density at radius 1 is 1.57 bits per heavy atom. The van der Waals surface area contributed by atoms with E-state index in [-0.39, 0.29) is 0 Å². The SMILES string of the molecule is COc1ccc(C=CC(=O)O)cc1N. The van der Waals surface area contributed by atoms with Gasteiger partial charge in [0.2, 0.25) is 0 Å². The Labute approximate surface area is 81.6 Å². The quantitative estimate of drug-likeness (QED) is 0.561. The fourth-order valence-electron chi connectivity index (χ4n) is 1.02. The number of benzene rings is 1. The molecule has 1 aromatic rings. The second-order valence-corrected chi connectivity index (χ2v) is 2.67. The number of carboxylic acids is 1. The number of carboxylic acid groups (broad SMARTS) is 1. The van der Waals surface area contributed by atoms with Crippen LogP contribution in [0.15, 0.2) is 24.3 Å². The number of methoxy groups -OCH3 is 1. The van der Waals surface area contributed by atoms with Crippen molar-refractivity contribution in [3.63, 3.8) is 0 Å². The van der Waals surface area contributed by atoms with Gasteiger partial charge in [-0.1, -0.05) is 6.07 Å². The van der Waals surface area contributed by atoms with Crippen LogP contribution in [0.4, 0.5) is 5.69 Å². The van der Waals surface area contributed by atoms with Crippen molar-refractivity contribution in [3.8, 4) is 5.75 Å². The lowest BCUT2D eigenvalue weighted by Crippen LogP contribution is -1.92. The van der Waals surface area contributed by atoms with Gasteiger partial charge in [-0.2, -0.15) is 0 Å². The molecule has 0 aliphatic rings. The smallest absolute Gasteiger partial charge is 0.328 e. The Hall–Kier alpha value is -1.97. The molecular weight excluding hydrogens is 182 g/mol. The molecule has 3 N–H and O–H groups in total. The Bertz CT molecular complexity index is 372. The van der Waals surface area contributed by atoms with Gasteiger partial charge in [-0.05, 0) is 23.8 Å². The molecule has 4 nitrogen and oxygen atoms in total. The third-order valence-electron chi connectivity index (χ3n) is 1.67. The fourth-order valence-corrected chi connectivity index (χ4v) is 1.02. The molecule has 1 rings (SSSR count). The Morgan fingerprint density at radius 3 is 2.79 bits per heavy atom. The second-order valence-electron chi connectivity index (χ2n) is 2.67. The van der Waals surface area contributed by atoms with E-state index in [4.69, 9.17) is 15.6 Å². The highest BCUT2D eigenvalue weighted by Gasteiger charge is 1.98. The van der Waals surface area contributed by atoms with Gasteiger partial charge in [0.05, 0.1) is 12.8 Å². The molecule has 14 heavy (non-hydrogen) atoms. The monoisotopic (exact) mass is 193 g/mol. The van der Waals surface area contributed by atoms with E-state index < -0.39 is 5.97 Å². The van der Waals surface area contributed by atoms with Crippen LogP contribution >= 0.6 is 0 Å². The average Bonchev–Trinajstić information content (AvgIpc) is 2.15. The van der Waals surface area contributed by atoms with Crippen molar-refractivity contribution in [3.05, 3.63) is 29.8 Å². The fraction of sp³-hybridized carbons (Fsp3) is 0.100. The summed E-state index contributed by atoms with van der Waals surface area (Å²) in [7, 11) is 1.53. The maximum atomic E-state index is 10.2. The van der Waals surface area contributed by atoms with Gasteiger partial charge in [0.15, 0.2) is 0 Å². The first-order valence-corrected chi connectivity index (χ1v) is 3.98. The zero-order valence-corrected chi connectivity index (χ0v) is 7.73. The first kappa shape index (κ1) is 10.1. The van der Waals surface area contributed by atoms with Crippen molar-refractivity contribution in [2.75, 3.05) is 12.8 Å². The van der Waals surface area contributed by atoms with Gasteiger partial charge in [-0.25, -0.2) is 4.79 Å². The molecule has 0 aliphatic carbocycles. The van der Waals surface area contributed by atoms with E-state index >= 15 is 0 Å². The number of anilines is 1. The van der Waals surface area contributed by atoms with Crippen molar-refractivity contribution in [2.24, 2.45) is 0 Å². The summed E-state index contributed by atoms with van der Waals surface area (Å²) in [6.07, 6.45) is 2.53. The second kappa shape index (κ2) is 4.32. The molecule has 1 aromatic carbocycles. The predicted molar refractivity (Wildman–Crippen MR) is 54.1 cm³/mol. The van der Waals surface area contributed by atoms with E-state index in [2.05, 4.69) is 0 Å². The lowest BCUT2D eigenvalue weighted by molar-refractivity contribution is -0.131. The first-order chi connectivity index (χ1) is 6.63. The molecule has 0 aliphatic heterocycles. The first-order valence-electron chi connectivity index (χ1n) is 3.98. The zero-order chi connectivity index (χ0) is 10.6. The largest absolute Gasteiger partial charge is 0.495 e. The van der Waals surface area contributed by atoms with Crippen LogP contribution in [0.25, 0.3) is 6.08 Å². The highest BCUT2D eigenvalue weighted by atomic mass is 16.5. The molecule has 74 valence electrons. The Kier molecular flexibility index (Phi) is 3.12. The van der Waals surface area contributed by atoms with Crippen LogP contribution in [0.2, 0.25) is 0 Å². The van der Waals surface area contributed by atoms with Crippen LogP contribution in [0.3, 0.4) is 0 Å². The van der Waals surface area contributed by atoms with Gasteiger partial charge >= 0.3 is 5.97 Å². The lowest BCUT2D eigenvalue weighted by Gasteiger charge is -2.03. The minimum atomic E-state index is -0.987. The number of ether oxygens (including phenoxy) is 1. The van der Waals surface area contributed by atoms with Crippen LogP contribution in [-0.2, 0) is 4.79 Å². The summed E-state index contributed by atoms with van der Waals surface area (Å²) in [5.74, 6) is -0.406. The van der Waals surface area contributed by atoms with Gasteiger partial charge < -0.3 is 15.6 Å². The zero-order valence-electron chi connectivity index (χ0n) is 7.73. The summed E-state index contributed by atoms with van der Waals surface area (Å²) in [6.45, 7) is 0. The van der Waals surface area contributed by atoms with Gasteiger partial charge in [-0.15, -0.1) is 0 Å². The minimum absolute atomic E-state index is 0.486. The standard InChI is InChI=1S/C10H11NO3/c1-14-9-4-2-7(6-8(9)11)3-5-10(12)13/h2-6H,11H2,1H3,(H,12,13). The molecule has 0 fully saturated rings. The summed E-state index contributed by atoms with van der Waals surface area (Å²) >= 11 is 0. The molecule has 0 unspecified atom stereocenters. The van der Waals surface area contributed by atoms with E-state index in [1.54, 1.807) is 18.2 Å². The molecule has 0 heterocycles. The molecule has 0 spiro atoms. The number of carbonyl (C=O) groups is 1. The van der Waals surface area contributed by atoms with Crippen molar-refractivity contribution in [1.82, 2.24) is 0 Å². The number of hydrogen-bond acceptors (Lipinski definition) is 3. The number of hydrogen-bond donors (Lipinski definition) is 2. The van der Waals surface area contributed by atoms with Crippen molar-refractivity contribution < 1.29 is 14.6 Å². The van der Waals surface area contributed by atoms with Gasteiger partial charge in [0.1, 0.15) is 5.75 Å². The summed E-state index contributed by atoms with van der Waals surface area (Å²) in [4.78, 5) is 10.2. The van der Waals surface area contributed by atoms with Crippen LogP contribution in [0, 0.1) is 0 Å². The van der Waals surface area contributed by atoms with Crippen molar-refractivity contribution in [1.29, 1.82) is 0 Å². The lowest BCUT2D eigenvalue weighted by atomic mass is 10.2. The summed E-state index contributed by atoms with van der Waals surface area (Å²) in [5, 5.41) is 8.40. The van der Waals surface area contributed by atoms with Crippen LogP contribution in [0.1, 0.15) is 5.56 Å². The summed E-state index contributed by atoms with van der Waals surface area (Å²) in [5.41, 5.74) is 6.85. The highest BCUT2D eigenvalue weighted by Crippen LogP contribution is 2.22. The topological polar surface area (TPSA) is 72.5 Å². The molecule has 0 saturated carbocycles. The normalized spacial score (nSPS) is 10.4. The van der Waals surface area contributed by atoms with Gasteiger partial charge in [0.25, 0.3) is 0 Å². The number of aliphatic carboxylic acids is 1. The van der Waals surface area contributed by atoms with Crippen molar-refractivity contribution >= 4 is 17.7 Å². The predicted octanol–water partition coefficient (Wildman–Crippen LogP) is 1.38. The summed E-state index contributed by atoms with van der Waals surface area (Å²) in [6, 6.07) is 5.07. The molecule has 0 atom stereocenters. The van der Waals surface area contributed by atoms with Crippen LogP contribution < -0.4 is 10.5 Å². The maximum absolute atomic E-state index is 10.2. The van der Waals surface area contributed by atoms with E-state index in [0.717, 1.165) is 11.6 Å². The third kappa shape index (κ3) is 2.52. The molecule has 0 saturated heterocycles. The molecule has 4 heteroatoms. The Morgan fingerprint density at radius 2 is 2.29 bits per heavy atom. The summed E-state index contributed by atoms with van der Waals surface area (Å²) < 4.78 is 4.96. The third-order valence-corrected chi connectivity index (χ3v) is 1.67. The highest BCUT2D eigenvalue weighted by molar-refractivity contribution is 5.85. The van der Waals surface area contributed by atoms with E-state index in [1.807, 2.05) is 0 Å². The molecule has 0 bridgehead atoms. The van der Waals surface area contributed by atoms with E-state index in [9.17, 15) is 4.79 Å². The molecule has 0 aromatic heterocycles. The molecule has 0 radical (unpaired) electrons. The Balaban J connectivity index is 2.91. The van der Waals surface area contributed by atoms with Crippen molar-refractivity contribution in [2.45, 2.75) is 0 Å². The maximum Gasteiger partial charge on any atom is 0.328 e. The number of nitrogen functional groups attached to an aromatic ring is 1. The minimum Gasteiger partial charge on any atom is -0.495 e. The molecular formula is C10H11NO3. The van der Waals surface area contributed by atoms with Gasteiger partial charge in [-0.3, -0.25) is 0 Å². The van der Waals surface area contributed by atoms with Gasteiger partial charge in [0, 0.05) is 6.08 Å².